The molecule has 1 aliphatic heterocycles. The van der Waals surface area contributed by atoms with Gasteiger partial charge in [-0.15, -0.1) is 13.2 Å². The van der Waals surface area contributed by atoms with E-state index >= 15 is 0 Å². The maximum absolute atomic E-state index is 12.6. The van der Waals surface area contributed by atoms with Gasteiger partial charge in [-0.1, -0.05) is 18.7 Å². The number of amides is 1. The lowest BCUT2D eigenvalue weighted by Gasteiger charge is -2.51. The van der Waals surface area contributed by atoms with Crippen LogP contribution in [0.1, 0.15) is 51.2 Å². The summed E-state index contributed by atoms with van der Waals surface area (Å²) in [5.74, 6) is -0.245. The zero-order chi connectivity index (χ0) is 21.4. The van der Waals surface area contributed by atoms with E-state index in [9.17, 15) is 18.0 Å². The molecule has 29 heavy (non-hydrogen) atoms. The lowest BCUT2D eigenvalue weighted by Crippen LogP contribution is -2.59. The molecule has 0 unspecified atom stereocenters. The molecule has 1 aromatic carbocycles. The normalized spacial score (nSPS) is 18.7. The first-order chi connectivity index (χ1) is 13.4. The Morgan fingerprint density at radius 3 is 2.41 bits per heavy atom. The average molecular weight is 409 g/mol. The minimum Gasteiger partial charge on any atom is -0.444 e. The van der Waals surface area contributed by atoms with Crippen LogP contribution in [0.3, 0.4) is 0 Å². The molecular weight excluding hydrogens is 383 g/mol. The summed E-state index contributed by atoms with van der Waals surface area (Å²) in [5.41, 5.74) is 1.78. The number of carbonyl (C=O) groups is 1. The Morgan fingerprint density at radius 1 is 1.21 bits per heavy atom. The summed E-state index contributed by atoms with van der Waals surface area (Å²) in [4.78, 5) is 13.9. The highest BCUT2D eigenvalue weighted by atomic mass is 19.4. The first-order valence-electron chi connectivity index (χ1n) is 9.59. The fourth-order valence-corrected chi connectivity index (χ4v) is 3.83. The molecule has 0 atom stereocenters. The molecule has 1 aliphatic carbocycles. The van der Waals surface area contributed by atoms with Gasteiger partial charge in [0, 0.05) is 18.5 Å². The molecule has 0 bridgehead atoms. The summed E-state index contributed by atoms with van der Waals surface area (Å²) in [7, 11) is 0. The van der Waals surface area contributed by atoms with E-state index in [-0.39, 0.29) is 17.3 Å². The second kappa shape index (κ2) is 7.43. The number of nitrogens with zero attached hydrogens (tertiary/aromatic N) is 1. The van der Waals surface area contributed by atoms with Crippen molar-refractivity contribution in [3.05, 3.63) is 42.0 Å². The van der Waals surface area contributed by atoms with Crippen LogP contribution in [0.25, 0.3) is 11.6 Å². The van der Waals surface area contributed by atoms with Crippen molar-refractivity contribution >= 4 is 17.7 Å². The van der Waals surface area contributed by atoms with Gasteiger partial charge in [-0.05, 0) is 74.9 Å². The Kier molecular flexibility index (Phi) is 5.45. The van der Waals surface area contributed by atoms with Crippen LogP contribution in [0.2, 0.25) is 0 Å². The first-order valence-corrected chi connectivity index (χ1v) is 9.59. The standard InChI is InChI=1S/C22H26F3NO3/c1-5-15-10-17(12-18(11-15)28-22(23,24)25)16-6-8-21(9-7-16)13-26(14-21)19(27)29-20(2,3)4/h5-6,10-12H,1,7-9,13-14H2,2-4H3. The van der Waals surface area contributed by atoms with Gasteiger partial charge < -0.3 is 14.4 Å². The maximum Gasteiger partial charge on any atom is 0.573 e. The first kappa shape index (κ1) is 21.3. The Hall–Kier alpha value is -2.44. The average Bonchev–Trinajstić information content (AvgIpc) is 2.56. The van der Waals surface area contributed by atoms with Gasteiger partial charge in [-0.3, -0.25) is 0 Å². The monoisotopic (exact) mass is 409 g/mol. The lowest BCUT2D eigenvalue weighted by molar-refractivity contribution is -0.274. The summed E-state index contributed by atoms with van der Waals surface area (Å²) in [6.07, 6.45) is 0.900. The molecular formula is C22H26F3NO3. The molecule has 158 valence electrons. The molecule has 0 N–H and O–H groups in total. The van der Waals surface area contributed by atoms with Crippen LogP contribution in [0.4, 0.5) is 18.0 Å². The molecule has 3 rings (SSSR count). The smallest absolute Gasteiger partial charge is 0.444 e. The van der Waals surface area contributed by atoms with Crippen molar-refractivity contribution in [1.82, 2.24) is 4.90 Å². The fraction of sp³-hybridized carbons (Fsp3) is 0.500. The van der Waals surface area contributed by atoms with Gasteiger partial charge in [0.2, 0.25) is 0 Å². The molecule has 1 fully saturated rings. The molecule has 1 amide bonds. The molecule has 2 aliphatic rings. The van der Waals surface area contributed by atoms with E-state index in [2.05, 4.69) is 17.4 Å². The van der Waals surface area contributed by atoms with Crippen LogP contribution >= 0.6 is 0 Å². The van der Waals surface area contributed by atoms with Crippen LogP contribution in [0, 0.1) is 5.41 Å². The molecule has 4 nitrogen and oxygen atoms in total. The number of carbonyl (C=O) groups excluding carboxylic acids is 1. The number of allylic oxidation sites excluding steroid dienone is 2. The number of alkyl halides is 3. The summed E-state index contributed by atoms with van der Waals surface area (Å²) in [5, 5.41) is 0. The number of likely N-dealkylation sites (tertiary alicyclic amines) is 1. The summed E-state index contributed by atoms with van der Waals surface area (Å²) in [6, 6.07) is 4.55. The van der Waals surface area contributed by atoms with Crippen LogP contribution in [0.15, 0.2) is 30.9 Å². The zero-order valence-electron chi connectivity index (χ0n) is 16.9. The van der Waals surface area contributed by atoms with E-state index in [1.54, 1.807) is 4.90 Å². The summed E-state index contributed by atoms with van der Waals surface area (Å²) in [6.45, 7) is 10.4. The maximum atomic E-state index is 12.6. The van der Waals surface area contributed by atoms with Crippen molar-refractivity contribution in [2.45, 2.75) is 52.0 Å². The quantitative estimate of drug-likeness (QED) is 0.612. The van der Waals surface area contributed by atoms with Gasteiger partial charge in [-0.25, -0.2) is 4.79 Å². The van der Waals surface area contributed by atoms with E-state index in [1.165, 1.54) is 18.2 Å². The predicted molar refractivity (Wildman–Crippen MR) is 105 cm³/mol. The largest absolute Gasteiger partial charge is 0.573 e. The number of hydrogen-bond donors (Lipinski definition) is 0. The molecule has 0 saturated carbocycles. The Balaban J connectivity index is 1.68. The van der Waals surface area contributed by atoms with Gasteiger partial charge in [0.05, 0.1) is 0 Å². The molecule has 0 radical (unpaired) electrons. The van der Waals surface area contributed by atoms with Crippen molar-refractivity contribution in [2.75, 3.05) is 13.1 Å². The van der Waals surface area contributed by atoms with Crippen LogP contribution in [-0.4, -0.2) is 36.0 Å². The van der Waals surface area contributed by atoms with Crippen molar-refractivity contribution in [1.29, 1.82) is 0 Å². The van der Waals surface area contributed by atoms with Gasteiger partial charge in [0.25, 0.3) is 0 Å². The van der Waals surface area contributed by atoms with Gasteiger partial charge in [0.15, 0.2) is 0 Å². The Bertz CT molecular complexity index is 831. The molecule has 0 aromatic heterocycles. The minimum absolute atomic E-state index is 0.0295. The molecule has 1 heterocycles. The highest BCUT2D eigenvalue weighted by Crippen LogP contribution is 2.46. The fourth-order valence-electron chi connectivity index (χ4n) is 3.83. The molecule has 7 heteroatoms. The second-order valence-electron chi connectivity index (χ2n) is 8.81. The predicted octanol–water partition coefficient (Wildman–Crippen LogP) is 6.03. The third-order valence-electron chi connectivity index (χ3n) is 5.18. The number of hydrogen-bond acceptors (Lipinski definition) is 3. The highest BCUT2D eigenvalue weighted by Gasteiger charge is 2.46. The number of rotatable bonds is 3. The third-order valence-corrected chi connectivity index (χ3v) is 5.18. The number of benzene rings is 1. The van der Waals surface area contributed by atoms with E-state index < -0.39 is 12.0 Å². The Labute approximate surface area is 169 Å². The zero-order valence-corrected chi connectivity index (χ0v) is 16.9. The van der Waals surface area contributed by atoms with Crippen LogP contribution in [-0.2, 0) is 4.74 Å². The Morgan fingerprint density at radius 2 is 1.90 bits per heavy atom. The SMILES string of the molecule is C=Cc1cc(OC(F)(F)F)cc(C2=CCC3(CC2)CN(C(=O)OC(C)(C)C)C3)c1. The highest BCUT2D eigenvalue weighted by molar-refractivity contribution is 5.72. The van der Waals surface area contributed by atoms with Crippen molar-refractivity contribution in [3.63, 3.8) is 0 Å². The summed E-state index contributed by atoms with van der Waals surface area (Å²) >= 11 is 0. The summed E-state index contributed by atoms with van der Waals surface area (Å²) < 4.78 is 47.3. The van der Waals surface area contributed by atoms with Crippen molar-refractivity contribution < 1.29 is 27.4 Å². The third kappa shape index (κ3) is 5.34. The van der Waals surface area contributed by atoms with Gasteiger partial charge in [-0.2, -0.15) is 0 Å². The van der Waals surface area contributed by atoms with Crippen LogP contribution in [0.5, 0.6) is 5.75 Å². The van der Waals surface area contributed by atoms with Crippen molar-refractivity contribution in [3.8, 4) is 5.75 Å². The van der Waals surface area contributed by atoms with Crippen molar-refractivity contribution in [2.24, 2.45) is 5.41 Å². The van der Waals surface area contributed by atoms with E-state index in [0.717, 1.165) is 24.8 Å². The topological polar surface area (TPSA) is 38.8 Å². The van der Waals surface area contributed by atoms with Crippen LogP contribution < -0.4 is 4.74 Å². The van der Waals surface area contributed by atoms with Gasteiger partial charge >= 0.3 is 12.5 Å². The number of ether oxygens (including phenoxy) is 2. The number of halogens is 3. The molecule has 1 spiro atoms. The minimum atomic E-state index is -4.74. The van der Waals surface area contributed by atoms with Gasteiger partial charge in [0.1, 0.15) is 11.4 Å². The second-order valence-corrected chi connectivity index (χ2v) is 8.81. The lowest BCUT2D eigenvalue weighted by atomic mass is 9.69. The van der Waals surface area contributed by atoms with E-state index in [0.29, 0.717) is 24.2 Å². The van der Waals surface area contributed by atoms with E-state index in [1.807, 2.05) is 26.8 Å². The van der Waals surface area contributed by atoms with E-state index in [4.69, 9.17) is 4.74 Å². The molecule has 1 aromatic rings. The molecule has 1 saturated heterocycles.